The van der Waals surface area contributed by atoms with Crippen LogP contribution >= 0.6 is 11.6 Å². The molecule has 1 aromatic rings. The number of hydrogen-bond donors (Lipinski definition) is 0. The molecule has 0 aliphatic carbocycles. The van der Waals surface area contributed by atoms with Crippen molar-refractivity contribution < 1.29 is 9.85 Å². The Kier molecular flexibility index (Phi) is 4.20. The molecule has 18 heavy (non-hydrogen) atoms. The minimum absolute atomic E-state index is 0.292. The topological polar surface area (TPSA) is 89.5 Å². The van der Waals surface area contributed by atoms with Crippen LogP contribution in [0.15, 0.2) is 6.07 Å². The predicted octanol–water partition coefficient (Wildman–Crippen LogP) is 2.53. The molecule has 0 heterocycles. The van der Waals surface area contributed by atoms with E-state index in [2.05, 4.69) is 0 Å². The Morgan fingerprint density at radius 3 is 2.22 bits per heavy atom. The van der Waals surface area contributed by atoms with Crippen molar-refractivity contribution in [3.05, 3.63) is 42.4 Å². The maximum atomic E-state index is 11.0. The molecule has 0 saturated carbocycles. The molecular weight excluding hydrogens is 262 g/mol. The zero-order valence-electron chi connectivity index (χ0n) is 10.1. The molecule has 0 amide bonds. The quantitative estimate of drug-likeness (QED) is 0.621. The van der Waals surface area contributed by atoms with Crippen molar-refractivity contribution >= 4 is 23.0 Å². The molecule has 0 spiro atoms. The largest absolute Gasteiger partial charge is 0.305 e. The summed E-state index contributed by atoms with van der Waals surface area (Å²) in [6.07, 6.45) is 0. The van der Waals surface area contributed by atoms with Crippen LogP contribution < -0.4 is 0 Å². The Bertz CT molecular complexity index is 516. The number of aryl methyl sites for hydroxylation is 1. The summed E-state index contributed by atoms with van der Waals surface area (Å²) in [5, 5.41) is 21.4. The standard InChI is InChI=1S/C10H12ClN3O4/c1-6-4-8(13(15)16)9(11)10(14(17)18)7(6)5-12(2)3/h4H,5H2,1-3H3. The minimum Gasteiger partial charge on any atom is -0.305 e. The number of benzene rings is 1. The van der Waals surface area contributed by atoms with Gasteiger partial charge in [-0.2, -0.15) is 0 Å². The van der Waals surface area contributed by atoms with Crippen LogP contribution in [0.4, 0.5) is 11.4 Å². The lowest BCUT2D eigenvalue weighted by Crippen LogP contribution is -2.14. The predicted molar refractivity (Wildman–Crippen MR) is 66.9 cm³/mol. The van der Waals surface area contributed by atoms with Crippen LogP contribution in [0.25, 0.3) is 0 Å². The molecule has 0 atom stereocenters. The van der Waals surface area contributed by atoms with E-state index in [-0.39, 0.29) is 0 Å². The van der Waals surface area contributed by atoms with E-state index in [1.54, 1.807) is 25.9 Å². The molecule has 0 saturated heterocycles. The van der Waals surface area contributed by atoms with E-state index < -0.39 is 26.2 Å². The van der Waals surface area contributed by atoms with Crippen molar-refractivity contribution in [2.24, 2.45) is 0 Å². The molecule has 0 bridgehead atoms. The van der Waals surface area contributed by atoms with Crippen molar-refractivity contribution in [2.45, 2.75) is 13.5 Å². The van der Waals surface area contributed by atoms with Gasteiger partial charge in [-0.15, -0.1) is 0 Å². The van der Waals surface area contributed by atoms with E-state index in [4.69, 9.17) is 11.6 Å². The fraction of sp³-hybridized carbons (Fsp3) is 0.400. The SMILES string of the molecule is Cc1cc([N+](=O)[O-])c(Cl)c([N+](=O)[O-])c1CN(C)C. The molecule has 0 unspecified atom stereocenters. The first-order valence-corrected chi connectivity index (χ1v) is 5.39. The number of nitro benzene ring substituents is 2. The third-order valence-electron chi connectivity index (χ3n) is 2.40. The fourth-order valence-corrected chi connectivity index (χ4v) is 1.94. The first-order chi connectivity index (χ1) is 8.25. The second kappa shape index (κ2) is 5.28. The highest BCUT2D eigenvalue weighted by molar-refractivity contribution is 6.35. The summed E-state index contributed by atoms with van der Waals surface area (Å²) in [6.45, 7) is 1.88. The summed E-state index contributed by atoms with van der Waals surface area (Å²) >= 11 is 5.76. The molecule has 7 nitrogen and oxygen atoms in total. The first kappa shape index (κ1) is 14.3. The van der Waals surface area contributed by atoms with Gasteiger partial charge in [0.15, 0.2) is 5.02 Å². The molecule has 1 aromatic carbocycles. The Labute approximate surface area is 108 Å². The van der Waals surface area contributed by atoms with E-state index in [9.17, 15) is 20.2 Å². The van der Waals surface area contributed by atoms with Crippen molar-refractivity contribution in [3.8, 4) is 0 Å². The monoisotopic (exact) mass is 273 g/mol. The number of rotatable bonds is 4. The zero-order valence-corrected chi connectivity index (χ0v) is 10.9. The van der Waals surface area contributed by atoms with E-state index in [1.165, 1.54) is 6.07 Å². The van der Waals surface area contributed by atoms with Gasteiger partial charge in [0.1, 0.15) is 0 Å². The van der Waals surface area contributed by atoms with Gasteiger partial charge >= 0.3 is 0 Å². The lowest BCUT2D eigenvalue weighted by Gasteiger charge is -2.13. The number of nitrogens with zero attached hydrogens (tertiary/aromatic N) is 3. The van der Waals surface area contributed by atoms with Crippen molar-refractivity contribution in [1.82, 2.24) is 4.90 Å². The van der Waals surface area contributed by atoms with Crippen LogP contribution in [-0.2, 0) is 6.54 Å². The van der Waals surface area contributed by atoms with Gasteiger partial charge in [-0.05, 0) is 26.6 Å². The van der Waals surface area contributed by atoms with Crippen molar-refractivity contribution in [1.29, 1.82) is 0 Å². The molecule has 0 aliphatic heterocycles. The molecule has 98 valence electrons. The summed E-state index contributed by atoms with van der Waals surface area (Å²) < 4.78 is 0. The Balaban J connectivity index is 3.57. The lowest BCUT2D eigenvalue weighted by molar-refractivity contribution is -0.394. The Morgan fingerprint density at radius 1 is 1.28 bits per heavy atom. The van der Waals surface area contributed by atoms with Gasteiger partial charge in [0.25, 0.3) is 11.4 Å². The van der Waals surface area contributed by atoms with E-state index in [0.29, 0.717) is 17.7 Å². The van der Waals surface area contributed by atoms with E-state index in [0.717, 1.165) is 0 Å². The highest BCUT2D eigenvalue weighted by Gasteiger charge is 2.29. The van der Waals surface area contributed by atoms with Gasteiger partial charge < -0.3 is 4.90 Å². The second-order valence-corrected chi connectivity index (χ2v) is 4.48. The summed E-state index contributed by atoms with van der Waals surface area (Å²) in [5.41, 5.74) is 0.0348. The number of halogens is 1. The molecule has 8 heteroatoms. The van der Waals surface area contributed by atoms with Gasteiger partial charge in [0.05, 0.1) is 9.85 Å². The number of nitro groups is 2. The minimum atomic E-state index is -0.720. The highest BCUT2D eigenvalue weighted by Crippen LogP contribution is 2.38. The molecule has 0 fully saturated rings. The maximum absolute atomic E-state index is 11.0. The Hall–Kier alpha value is -1.73. The van der Waals surface area contributed by atoms with E-state index in [1.807, 2.05) is 0 Å². The van der Waals surface area contributed by atoms with Crippen LogP contribution in [0.1, 0.15) is 11.1 Å². The van der Waals surface area contributed by atoms with Gasteiger partial charge in [0.2, 0.25) is 0 Å². The normalized spacial score (nSPS) is 10.7. The van der Waals surface area contributed by atoms with Crippen molar-refractivity contribution in [3.63, 3.8) is 0 Å². The van der Waals surface area contributed by atoms with Crippen molar-refractivity contribution in [2.75, 3.05) is 14.1 Å². The highest BCUT2D eigenvalue weighted by atomic mass is 35.5. The van der Waals surface area contributed by atoms with Gasteiger partial charge in [0, 0.05) is 18.2 Å². The average molecular weight is 274 g/mol. The lowest BCUT2D eigenvalue weighted by atomic mass is 10.0. The molecule has 0 radical (unpaired) electrons. The first-order valence-electron chi connectivity index (χ1n) is 5.01. The fourth-order valence-electron chi connectivity index (χ4n) is 1.64. The smallest absolute Gasteiger partial charge is 0.299 e. The third-order valence-corrected chi connectivity index (χ3v) is 2.77. The van der Waals surface area contributed by atoms with Crippen LogP contribution in [-0.4, -0.2) is 28.8 Å². The zero-order chi connectivity index (χ0) is 14.0. The van der Waals surface area contributed by atoms with Crippen LogP contribution in [0.2, 0.25) is 5.02 Å². The molecule has 0 aromatic heterocycles. The summed E-state index contributed by atoms with van der Waals surface area (Å²) in [4.78, 5) is 22.1. The van der Waals surface area contributed by atoms with Crippen LogP contribution in [0, 0.1) is 27.2 Å². The summed E-state index contributed by atoms with van der Waals surface area (Å²) in [5.74, 6) is 0. The van der Waals surface area contributed by atoms with Gasteiger partial charge in [-0.1, -0.05) is 11.6 Å². The van der Waals surface area contributed by atoms with Crippen LogP contribution in [0.5, 0.6) is 0 Å². The molecule has 0 aliphatic rings. The van der Waals surface area contributed by atoms with Gasteiger partial charge in [-0.3, -0.25) is 20.2 Å². The number of hydrogen-bond acceptors (Lipinski definition) is 5. The Morgan fingerprint density at radius 2 is 1.83 bits per heavy atom. The maximum Gasteiger partial charge on any atom is 0.299 e. The summed E-state index contributed by atoms with van der Waals surface area (Å²) in [7, 11) is 3.50. The average Bonchev–Trinajstić information content (AvgIpc) is 2.21. The van der Waals surface area contributed by atoms with E-state index >= 15 is 0 Å². The van der Waals surface area contributed by atoms with Crippen LogP contribution in [0.3, 0.4) is 0 Å². The second-order valence-electron chi connectivity index (χ2n) is 4.11. The summed E-state index contributed by atoms with van der Waals surface area (Å²) in [6, 6.07) is 1.26. The van der Waals surface area contributed by atoms with Gasteiger partial charge in [-0.25, -0.2) is 0 Å². The third kappa shape index (κ3) is 2.74. The molecular formula is C10H12ClN3O4. The molecule has 0 N–H and O–H groups in total. The molecule has 1 rings (SSSR count).